The van der Waals surface area contributed by atoms with Crippen LogP contribution in [0.4, 0.5) is 18.9 Å². The number of rotatable bonds is 4. The summed E-state index contributed by atoms with van der Waals surface area (Å²) in [5.74, 6) is -2.39. The maximum atomic E-state index is 14.0. The predicted molar refractivity (Wildman–Crippen MR) is 122 cm³/mol. The highest BCUT2D eigenvalue weighted by Crippen LogP contribution is 2.55. The molecule has 2 aliphatic heterocycles. The van der Waals surface area contributed by atoms with Crippen molar-refractivity contribution in [1.82, 2.24) is 4.90 Å². The van der Waals surface area contributed by atoms with Crippen molar-refractivity contribution in [2.75, 3.05) is 24.3 Å². The molecular formula is C25H19F3N2O3S. The predicted octanol–water partition coefficient (Wildman–Crippen LogP) is 4.70. The van der Waals surface area contributed by atoms with Gasteiger partial charge < -0.3 is 14.5 Å². The third-order valence-corrected chi connectivity index (χ3v) is 7.46. The molecule has 3 aromatic carbocycles. The Kier molecular flexibility index (Phi) is 5.51. The summed E-state index contributed by atoms with van der Waals surface area (Å²) in [5.41, 5.74) is 1.64. The second kappa shape index (κ2) is 8.39. The maximum absolute atomic E-state index is 14.0. The maximum Gasteiger partial charge on any atom is 0.268 e. The van der Waals surface area contributed by atoms with E-state index in [1.54, 1.807) is 18.2 Å². The van der Waals surface area contributed by atoms with E-state index in [0.717, 1.165) is 18.2 Å². The number of carbonyl (C=O) groups is 2. The number of fused-ring (bicyclic) bond motifs is 2. The molecule has 3 aromatic rings. The molecule has 174 valence electrons. The van der Waals surface area contributed by atoms with E-state index in [2.05, 4.69) is 0 Å². The number of hydrogen-bond acceptors (Lipinski definition) is 4. The number of hydrogen-bond donors (Lipinski definition) is 0. The monoisotopic (exact) mass is 484 g/mol. The highest BCUT2D eigenvalue weighted by atomic mass is 32.2. The zero-order valence-electron chi connectivity index (χ0n) is 18.1. The van der Waals surface area contributed by atoms with Gasteiger partial charge in [0.05, 0.1) is 19.3 Å². The van der Waals surface area contributed by atoms with Crippen molar-refractivity contribution in [2.24, 2.45) is 0 Å². The van der Waals surface area contributed by atoms with Crippen LogP contribution >= 0.6 is 11.8 Å². The molecule has 5 rings (SSSR count). The SMILES string of the molecule is COc1ccc2c(c1)[C@@]1(SCCN1C(=O)c1cccc(F)c1)C(=O)N2Cc1ccc(F)c(F)c1. The van der Waals surface area contributed by atoms with Crippen molar-refractivity contribution in [3.05, 3.63) is 94.8 Å². The van der Waals surface area contributed by atoms with E-state index in [9.17, 15) is 22.8 Å². The van der Waals surface area contributed by atoms with Crippen molar-refractivity contribution in [1.29, 1.82) is 0 Å². The van der Waals surface area contributed by atoms with E-state index in [-0.39, 0.29) is 24.6 Å². The van der Waals surface area contributed by atoms with Crippen LogP contribution in [0.5, 0.6) is 5.75 Å². The minimum Gasteiger partial charge on any atom is -0.497 e. The number of carbonyl (C=O) groups excluding carboxylic acids is 2. The normalized spacial score (nSPS) is 19.1. The van der Waals surface area contributed by atoms with Crippen molar-refractivity contribution >= 4 is 29.3 Å². The molecule has 0 saturated carbocycles. The molecule has 1 saturated heterocycles. The highest BCUT2D eigenvalue weighted by molar-refractivity contribution is 8.01. The van der Waals surface area contributed by atoms with Crippen LogP contribution in [-0.4, -0.2) is 36.1 Å². The topological polar surface area (TPSA) is 49.9 Å². The second-order valence-electron chi connectivity index (χ2n) is 7.98. The van der Waals surface area contributed by atoms with Crippen molar-refractivity contribution in [2.45, 2.75) is 11.4 Å². The Hall–Kier alpha value is -3.46. The Balaban J connectivity index is 1.61. The first-order chi connectivity index (χ1) is 16.3. The molecule has 0 bridgehead atoms. The smallest absolute Gasteiger partial charge is 0.268 e. The van der Waals surface area contributed by atoms with Gasteiger partial charge in [-0.3, -0.25) is 9.59 Å². The van der Waals surface area contributed by atoms with Gasteiger partial charge in [-0.2, -0.15) is 0 Å². The number of ether oxygens (including phenoxy) is 1. The number of halogens is 3. The number of nitrogens with zero attached hydrogens (tertiary/aromatic N) is 2. The van der Waals surface area contributed by atoms with Crippen LogP contribution in [-0.2, 0) is 16.2 Å². The molecular weight excluding hydrogens is 465 g/mol. The van der Waals surface area contributed by atoms with E-state index in [1.807, 2.05) is 0 Å². The van der Waals surface area contributed by atoms with Crippen LogP contribution in [0.1, 0.15) is 21.5 Å². The molecule has 9 heteroatoms. The van der Waals surface area contributed by atoms with Crippen molar-refractivity contribution < 1.29 is 27.5 Å². The van der Waals surface area contributed by atoms with Gasteiger partial charge >= 0.3 is 0 Å². The summed E-state index contributed by atoms with van der Waals surface area (Å²) in [6, 6.07) is 13.9. The van der Waals surface area contributed by atoms with Crippen molar-refractivity contribution in [3.63, 3.8) is 0 Å². The lowest BCUT2D eigenvalue weighted by Crippen LogP contribution is -2.50. The Morgan fingerprint density at radius 1 is 1.06 bits per heavy atom. The molecule has 2 heterocycles. The first kappa shape index (κ1) is 22.3. The summed E-state index contributed by atoms with van der Waals surface area (Å²) in [5, 5.41) is 0. The lowest BCUT2D eigenvalue weighted by molar-refractivity contribution is -0.123. The van der Waals surface area contributed by atoms with Gasteiger partial charge in [0.25, 0.3) is 11.8 Å². The minimum absolute atomic E-state index is 0.0142. The van der Waals surface area contributed by atoms with Gasteiger partial charge in [0.15, 0.2) is 16.5 Å². The summed E-state index contributed by atoms with van der Waals surface area (Å²) >= 11 is 1.31. The van der Waals surface area contributed by atoms with Crippen LogP contribution in [0.2, 0.25) is 0 Å². The second-order valence-corrected chi connectivity index (χ2v) is 9.27. The summed E-state index contributed by atoms with van der Waals surface area (Å²) in [7, 11) is 1.50. The van der Waals surface area contributed by atoms with Gasteiger partial charge in [-0.1, -0.05) is 12.1 Å². The van der Waals surface area contributed by atoms with Gasteiger partial charge in [0.2, 0.25) is 0 Å². The van der Waals surface area contributed by atoms with E-state index in [1.165, 1.54) is 52.9 Å². The van der Waals surface area contributed by atoms with Crippen LogP contribution in [0, 0.1) is 17.5 Å². The van der Waals surface area contributed by atoms with Crippen LogP contribution in [0.3, 0.4) is 0 Å². The first-order valence-electron chi connectivity index (χ1n) is 10.5. The number of thioether (sulfide) groups is 1. The summed E-state index contributed by atoms with van der Waals surface area (Å²) in [6.45, 7) is 0.265. The average Bonchev–Trinajstić information content (AvgIpc) is 3.37. The summed E-state index contributed by atoms with van der Waals surface area (Å²) in [4.78, 5) is 29.0. The Bertz CT molecular complexity index is 1320. The molecule has 0 aromatic heterocycles. The average molecular weight is 484 g/mol. The molecule has 5 nitrogen and oxygen atoms in total. The molecule has 34 heavy (non-hydrogen) atoms. The minimum atomic E-state index is -1.38. The largest absolute Gasteiger partial charge is 0.497 e. The van der Waals surface area contributed by atoms with Crippen molar-refractivity contribution in [3.8, 4) is 5.75 Å². The molecule has 0 unspecified atom stereocenters. The lowest BCUT2D eigenvalue weighted by atomic mass is 10.0. The molecule has 2 amide bonds. The molecule has 2 aliphatic rings. The Morgan fingerprint density at radius 2 is 1.88 bits per heavy atom. The third-order valence-electron chi connectivity index (χ3n) is 6.04. The van der Waals surface area contributed by atoms with Gasteiger partial charge in [0, 0.05) is 23.4 Å². The zero-order chi connectivity index (χ0) is 24.0. The van der Waals surface area contributed by atoms with E-state index >= 15 is 0 Å². The van der Waals surface area contributed by atoms with E-state index in [0.29, 0.717) is 28.3 Å². The van der Waals surface area contributed by atoms with Crippen LogP contribution in [0.15, 0.2) is 60.7 Å². The Morgan fingerprint density at radius 3 is 2.62 bits per heavy atom. The molecule has 0 aliphatic carbocycles. The fraction of sp³-hybridized carbons (Fsp3) is 0.200. The molecule has 0 radical (unpaired) electrons. The summed E-state index contributed by atoms with van der Waals surface area (Å²) in [6.07, 6.45) is 0. The fourth-order valence-electron chi connectivity index (χ4n) is 4.48. The standard InChI is InChI=1S/C25H19F3N2O3S/c1-33-18-6-8-22-19(13-18)25(24(32)29(22)14-15-5-7-20(27)21(28)11-15)30(9-10-34-25)23(31)16-3-2-4-17(26)12-16/h2-8,11-13H,9-10,14H2,1H3/t25-/m1/s1. The number of methoxy groups -OCH3 is 1. The van der Waals surface area contributed by atoms with Gasteiger partial charge in [-0.15, -0.1) is 11.8 Å². The molecule has 0 N–H and O–H groups in total. The quantitative estimate of drug-likeness (QED) is 0.539. The number of benzene rings is 3. The first-order valence-corrected chi connectivity index (χ1v) is 11.5. The number of amides is 2. The molecule has 1 atom stereocenters. The summed E-state index contributed by atoms with van der Waals surface area (Å²) < 4.78 is 46.5. The Labute approximate surface area is 198 Å². The van der Waals surface area contributed by atoms with Gasteiger partial charge in [-0.25, -0.2) is 13.2 Å². The van der Waals surface area contributed by atoms with Gasteiger partial charge in [-0.05, 0) is 54.1 Å². The van der Waals surface area contributed by atoms with Gasteiger partial charge in [0.1, 0.15) is 11.6 Å². The fourth-order valence-corrected chi connectivity index (χ4v) is 5.93. The molecule has 1 spiro atoms. The highest BCUT2D eigenvalue weighted by Gasteiger charge is 2.59. The molecule has 1 fully saturated rings. The van der Waals surface area contributed by atoms with E-state index < -0.39 is 28.2 Å². The third kappa shape index (κ3) is 3.42. The lowest BCUT2D eigenvalue weighted by Gasteiger charge is -2.33. The van der Waals surface area contributed by atoms with Crippen LogP contribution in [0.25, 0.3) is 0 Å². The van der Waals surface area contributed by atoms with E-state index in [4.69, 9.17) is 4.74 Å². The number of anilines is 1. The van der Waals surface area contributed by atoms with Crippen LogP contribution < -0.4 is 9.64 Å². The zero-order valence-corrected chi connectivity index (χ0v) is 18.9.